The molecule has 0 saturated carbocycles. The van der Waals surface area contributed by atoms with E-state index in [-0.39, 0.29) is 12.4 Å². The predicted molar refractivity (Wildman–Crippen MR) is 68.5 cm³/mol. The molecule has 0 aliphatic heterocycles. The molecule has 0 spiro atoms. The quantitative estimate of drug-likeness (QED) is 0.769. The van der Waals surface area contributed by atoms with E-state index >= 15 is 0 Å². The molecule has 1 rings (SSSR count). The lowest BCUT2D eigenvalue weighted by molar-refractivity contribution is 0.127. The van der Waals surface area contributed by atoms with Crippen LogP contribution in [0.4, 0.5) is 0 Å². The fraction of sp³-hybridized carbons (Fsp3) is 0.615. The molecular formula is C13H21NO4. The monoisotopic (exact) mass is 255 g/mol. The topological polar surface area (TPSA) is 73.9 Å². The molecular weight excluding hydrogens is 234 g/mol. The van der Waals surface area contributed by atoms with Crippen molar-refractivity contribution in [3.05, 3.63) is 28.3 Å². The summed E-state index contributed by atoms with van der Waals surface area (Å²) in [6.45, 7) is 5.25. The van der Waals surface area contributed by atoms with Gasteiger partial charge in [-0.25, -0.2) is 0 Å². The fourth-order valence-corrected chi connectivity index (χ4v) is 2.05. The van der Waals surface area contributed by atoms with Gasteiger partial charge in [0.1, 0.15) is 12.0 Å². The molecule has 0 unspecified atom stereocenters. The van der Waals surface area contributed by atoms with E-state index in [1.807, 2.05) is 0 Å². The van der Waals surface area contributed by atoms with Crippen LogP contribution in [0.3, 0.4) is 0 Å². The second kappa shape index (κ2) is 7.18. The number of aliphatic hydroxyl groups is 1. The van der Waals surface area contributed by atoms with E-state index in [4.69, 9.17) is 14.6 Å². The van der Waals surface area contributed by atoms with Crippen molar-refractivity contribution in [3.8, 4) is 5.75 Å². The number of aromatic hydroxyl groups is 1. The van der Waals surface area contributed by atoms with Crippen molar-refractivity contribution >= 4 is 0 Å². The minimum absolute atomic E-state index is 0.0683. The Hall–Kier alpha value is -1.33. The van der Waals surface area contributed by atoms with E-state index < -0.39 is 5.43 Å². The highest BCUT2D eigenvalue weighted by Gasteiger charge is 2.16. The molecule has 5 nitrogen and oxygen atoms in total. The van der Waals surface area contributed by atoms with E-state index in [0.717, 1.165) is 19.1 Å². The first-order chi connectivity index (χ1) is 8.62. The summed E-state index contributed by atoms with van der Waals surface area (Å²) in [7, 11) is 0. The molecule has 5 heteroatoms. The van der Waals surface area contributed by atoms with Crippen LogP contribution in [0.1, 0.15) is 32.4 Å². The molecule has 0 aliphatic carbocycles. The van der Waals surface area contributed by atoms with Crippen LogP contribution >= 0.6 is 0 Å². The first kappa shape index (κ1) is 14.7. The Morgan fingerprint density at radius 2 is 2.06 bits per heavy atom. The number of nitrogens with zero attached hydrogens (tertiary/aromatic N) is 1. The maximum absolute atomic E-state index is 11.3. The zero-order valence-corrected chi connectivity index (χ0v) is 10.9. The summed E-state index contributed by atoms with van der Waals surface area (Å²) in [4.78, 5) is 13.4. The van der Waals surface area contributed by atoms with Crippen LogP contribution in [0.15, 0.2) is 21.5 Å². The Morgan fingerprint density at radius 3 is 2.56 bits per heavy atom. The first-order valence-corrected chi connectivity index (χ1v) is 6.27. The summed E-state index contributed by atoms with van der Waals surface area (Å²) in [5.74, 6) is 0.119. The molecule has 1 aromatic heterocycles. The lowest BCUT2D eigenvalue weighted by atomic mass is 10.1. The molecule has 0 amide bonds. The predicted octanol–water partition coefficient (Wildman–Crippen LogP) is 1.33. The van der Waals surface area contributed by atoms with Gasteiger partial charge >= 0.3 is 0 Å². The Balaban J connectivity index is 2.82. The SMILES string of the molecule is CCC(CC)N(CCO)Cc1cc(=O)c(O)co1. The standard InChI is InChI=1S/C13H21NO4/c1-3-10(4-2)14(5-6-15)8-11-7-12(16)13(17)9-18-11/h7,9-10,15,17H,3-6,8H2,1-2H3. The second-order valence-corrected chi connectivity index (χ2v) is 4.26. The van der Waals surface area contributed by atoms with Crippen LogP contribution in [-0.4, -0.2) is 34.3 Å². The van der Waals surface area contributed by atoms with Gasteiger partial charge in [0, 0.05) is 18.7 Å². The lowest BCUT2D eigenvalue weighted by Crippen LogP contribution is -2.36. The van der Waals surface area contributed by atoms with E-state index in [0.29, 0.717) is 24.9 Å². The van der Waals surface area contributed by atoms with Crippen molar-refractivity contribution in [2.75, 3.05) is 13.2 Å². The van der Waals surface area contributed by atoms with Crippen molar-refractivity contribution in [2.45, 2.75) is 39.3 Å². The van der Waals surface area contributed by atoms with Crippen LogP contribution in [0.2, 0.25) is 0 Å². The Bertz CT molecular complexity index is 412. The van der Waals surface area contributed by atoms with Crippen molar-refractivity contribution in [1.82, 2.24) is 4.90 Å². The van der Waals surface area contributed by atoms with E-state index in [2.05, 4.69) is 18.7 Å². The van der Waals surface area contributed by atoms with E-state index in [1.54, 1.807) is 0 Å². The number of rotatable bonds is 7. The molecule has 1 aromatic rings. The van der Waals surface area contributed by atoms with Gasteiger partial charge in [0.15, 0.2) is 5.75 Å². The molecule has 102 valence electrons. The van der Waals surface area contributed by atoms with Gasteiger partial charge in [0.2, 0.25) is 5.43 Å². The van der Waals surface area contributed by atoms with Gasteiger partial charge in [0.05, 0.1) is 13.2 Å². The van der Waals surface area contributed by atoms with Crippen LogP contribution in [0.5, 0.6) is 5.75 Å². The average Bonchev–Trinajstić information content (AvgIpc) is 2.35. The van der Waals surface area contributed by atoms with Crippen LogP contribution in [0.25, 0.3) is 0 Å². The van der Waals surface area contributed by atoms with Gasteiger partial charge in [-0.05, 0) is 12.8 Å². The zero-order chi connectivity index (χ0) is 13.5. The molecule has 0 aliphatic rings. The van der Waals surface area contributed by atoms with Crippen molar-refractivity contribution in [1.29, 1.82) is 0 Å². The number of hydrogen-bond donors (Lipinski definition) is 2. The maximum atomic E-state index is 11.3. The van der Waals surface area contributed by atoms with Crippen molar-refractivity contribution < 1.29 is 14.6 Å². The number of hydrogen-bond acceptors (Lipinski definition) is 5. The van der Waals surface area contributed by atoms with Gasteiger partial charge in [-0.1, -0.05) is 13.8 Å². The summed E-state index contributed by atoms with van der Waals surface area (Å²) in [6.07, 6.45) is 3.00. The lowest BCUT2D eigenvalue weighted by Gasteiger charge is -2.29. The zero-order valence-electron chi connectivity index (χ0n) is 10.9. The smallest absolute Gasteiger partial charge is 0.226 e. The Kier molecular flexibility index (Phi) is 5.88. The summed E-state index contributed by atoms with van der Waals surface area (Å²) in [6, 6.07) is 1.64. The highest BCUT2D eigenvalue weighted by atomic mass is 16.4. The normalized spacial score (nSPS) is 11.4. The average molecular weight is 255 g/mol. The third-order valence-electron chi connectivity index (χ3n) is 3.07. The van der Waals surface area contributed by atoms with Crippen molar-refractivity contribution in [2.24, 2.45) is 0 Å². The summed E-state index contributed by atoms with van der Waals surface area (Å²) < 4.78 is 5.18. The van der Waals surface area contributed by atoms with Gasteiger partial charge in [-0.3, -0.25) is 9.69 Å². The summed E-state index contributed by atoms with van der Waals surface area (Å²) in [5, 5.41) is 18.2. The molecule has 0 aromatic carbocycles. The molecule has 0 atom stereocenters. The molecule has 18 heavy (non-hydrogen) atoms. The molecule has 1 heterocycles. The van der Waals surface area contributed by atoms with Crippen LogP contribution in [-0.2, 0) is 6.54 Å². The second-order valence-electron chi connectivity index (χ2n) is 4.26. The summed E-state index contributed by atoms with van der Waals surface area (Å²) in [5.41, 5.74) is -0.440. The van der Waals surface area contributed by atoms with Crippen molar-refractivity contribution in [3.63, 3.8) is 0 Å². The largest absolute Gasteiger partial charge is 0.502 e. The molecule has 0 radical (unpaired) electrons. The van der Waals surface area contributed by atoms with Gasteiger partial charge in [-0.15, -0.1) is 0 Å². The van der Waals surface area contributed by atoms with Gasteiger partial charge < -0.3 is 14.6 Å². The minimum atomic E-state index is -0.440. The van der Waals surface area contributed by atoms with Crippen LogP contribution < -0.4 is 5.43 Å². The molecule has 2 N–H and O–H groups in total. The Morgan fingerprint density at radius 1 is 1.39 bits per heavy atom. The van der Waals surface area contributed by atoms with Gasteiger partial charge in [0.25, 0.3) is 0 Å². The van der Waals surface area contributed by atoms with E-state index in [1.165, 1.54) is 6.07 Å². The number of aliphatic hydroxyl groups excluding tert-OH is 1. The highest BCUT2D eigenvalue weighted by molar-refractivity contribution is 5.15. The fourth-order valence-electron chi connectivity index (χ4n) is 2.05. The first-order valence-electron chi connectivity index (χ1n) is 6.27. The van der Waals surface area contributed by atoms with Crippen LogP contribution in [0, 0.1) is 0 Å². The molecule has 0 saturated heterocycles. The molecule has 0 bridgehead atoms. The molecule has 0 fully saturated rings. The third kappa shape index (κ3) is 3.85. The maximum Gasteiger partial charge on any atom is 0.226 e. The summed E-state index contributed by atoms with van der Waals surface area (Å²) >= 11 is 0. The third-order valence-corrected chi connectivity index (χ3v) is 3.07. The Labute approximate surface area is 107 Å². The van der Waals surface area contributed by atoms with E-state index in [9.17, 15) is 4.79 Å². The van der Waals surface area contributed by atoms with Gasteiger partial charge in [-0.2, -0.15) is 0 Å². The highest BCUT2D eigenvalue weighted by Crippen LogP contribution is 2.13. The minimum Gasteiger partial charge on any atom is -0.502 e.